The van der Waals surface area contributed by atoms with Crippen LogP contribution in [0, 0.1) is 0 Å². The number of ether oxygens (including phenoxy) is 2. The van der Waals surface area contributed by atoms with Crippen LogP contribution in [0.5, 0.6) is 11.5 Å². The Morgan fingerprint density at radius 2 is 1.25 bits per heavy atom. The topological polar surface area (TPSA) is 18.5 Å². The molecule has 0 aliphatic heterocycles. The number of fused-ring (bicyclic) bond motifs is 1. The highest BCUT2D eigenvalue weighted by molar-refractivity contribution is 5.85. The largest absolute Gasteiger partial charge is 0.494 e. The minimum absolute atomic E-state index is 0.691. The van der Waals surface area contributed by atoms with Crippen LogP contribution >= 0.6 is 0 Å². The van der Waals surface area contributed by atoms with Crippen molar-refractivity contribution in [3.05, 3.63) is 36.4 Å². The lowest BCUT2D eigenvalue weighted by molar-refractivity contribution is 0.339. The van der Waals surface area contributed by atoms with Crippen LogP contribution in [0.4, 0.5) is 0 Å². The summed E-state index contributed by atoms with van der Waals surface area (Å²) in [5, 5.41) is 2.35. The third kappa shape index (κ3) is 2.27. The van der Waals surface area contributed by atoms with Crippen molar-refractivity contribution < 1.29 is 9.47 Å². The fourth-order valence-electron chi connectivity index (χ4n) is 1.72. The second-order valence-corrected chi connectivity index (χ2v) is 3.54. The lowest BCUT2D eigenvalue weighted by Crippen LogP contribution is -1.92. The van der Waals surface area contributed by atoms with E-state index in [4.69, 9.17) is 9.47 Å². The van der Waals surface area contributed by atoms with Gasteiger partial charge in [0.05, 0.1) is 13.2 Å². The average Bonchev–Trinajstić information content (AvgIpc) is 2.29. The molecule has 2 nitrogen and oxygen atoms in total. The molecular weight excluding hydrogens is 200 g/mol. The molecule has 0 saturated carbocycles. The van der Waals surface area contributed by atoms with Gasteiger partial charge in [-0.15, -0.1) is 0 Å². The minimum atomic E-state index is 0.691. The van der Waals surface area contributed by atoms with Crippen LogP contribution in [0.1, 0.15) is 13.8 Å². The van der Waals surface area contributed by atoms with E-state index in [0.29, 0.717) is 13.2 Å². The van der Waals surface area contributed by atoms with E-state index >= 15 is 0 Å². The van der Waals surface area contributed by atoms with Gasteiger partial charge in [0.15, 0.2) is 0 Å². The van der Waals surface area contributed by atoms with E-state index in [1.165, 1.54) is 5.39 Å². The first-order valence-corrected chi connectivity index (χ1v) is 5.63. The first kappa shape index (κ1) is 10.8. The molecule has 16 heavy (non-hydrogen) atoms. The second-order valence-electron chi connectivity index (χ2n) is 3.54. The van der Waals surface area contributed by atoms with Gasteiger partial charge in [-0.3, -0.25) is 0 Å². The summed E-state index contributed by atoms with van der Waals surface area (Å²) in [5.74, 6) is 1.81. The summed E-state index contributed by atoms with van der Waals surface area (Å²) < 4.78 is 10.9. The maximum atomic E-state index is 5.47. The molecule has 0 saturated heterocycles. The van der Waals surface area contributed by atoms with Crippen LogP contribution in [0.3, 0.4) is 0 Å². The summed E-state index contributed by atoms with van der Waals surface area (Å²) >= 11 is 0. The maximum Gasteiger partial charge on any atom is 0.119 e. The summed E-state index contributed by atoms with van der Waals surface area (Å²) in [5.41, 5.74) is 0. The van der Waals surface area contributed by atoms with Crippen molar-refractivity contribution in [2.75, 3.05) is 13.2 Å². The van der Waals surface area contributed by atoms with Crippen LogP contribution in [0.2, 0.25) is 0 Å². The van der Waals surface area contributed by atoms with Gasteiger partial charge in [-0.05, 0) is 48.9 Å². The fraction of sp³-hybridized carbons (Fsp3) is 0.286. The molecule has 0 heterocycles. The molecule has 2 heteroatoms. The maximum absolute atomic E-state index is 5.47. The quantitative estimate of drug-likeness (QED) is 0.776. The van der Waals surface area contributed by atoms with Gasteiger partial charge in [-0.25, -0.2) is 0 Å². The van der Waals surface area contributed by atoms with Crippen molar-refractivity contribution in [1.82, 2.24) is 0 Å². The Balaban J connectivity index is 2.39. The Kier molecular flexibility index (Phi) is 3.30. The van der Waals surface area contributed by atoms with Crippen molar-refractivity contribution in [1.29, 1.82) is 0 Å². The minimum Gasteiger partial charge on any atom is -0.494 e. The molecule has 0 N–H and O–H groups in total. The number of rotatable bonds is 4. The standard InChI is InChI=1S/C14H16O2/c1-3-15-13-7-5-11-6-8-14(16-4-2)10-12(11)9-13/h5-10H,3-4H2,1-2H3. The molecule has 0 fully saturated rings. The summed E-state index contributed by atoms with van der Waals surface area (Å²) in [7, 11) is 0. The highest BCUT2D eigenvalue weighted by Gasteiger charge is 1.99. The number of benzene rings is 2. The monoisotopic (exact) mass is 216 g/mol. The molecule has 0 amide bonds. The Hall–Kier alpha value is -1.70. The third-order valence-electron chi connectivity index (χ3n) is 2.41. The zero-order valence-corrected chi connectivity index (χ0v) is 9.69. The van der Waals surface area contributed by atoms with Crippen LogP contribution in [0.25, 0.3) is 10.8 Å². The molecule has 2 rings (SSSR count). The van der Waals surface area contributed by atoms with Gasteiger partial charge in [0, 0.05) is 0 Å². The predicted molar refractivity (Wildman–Crippen MR) is 66.3 cm³/mol. The van der Waals surface area contributed by atoms with E-state index in [1.54, 1.807) is 0 Å². The summed E-state index contributed by atoms with van der Waals surface area (Å²) in [6, 6.07) is 12.2. The lowest BCUT2D eigenvalue weighted by atomic mass is 10.1. The van der Waals surface area contributed by atoms with E-state index in [-0.39, 0.29) is 0 Å². The van der Waals surface area contributed by atoms with Crippen LogP contribution in [-0.2, 0) is 0 Å². The summed E-state index contributed by atoms with van der Waals surface area (Å²) in [6.45, 7) is 5.36. The van der Waals surface area contributed by atoms with Gasteiger partial charge in [-0.1, -0.05) is 12.1 Å². The molecule has 0 aromatic heterocycles. The predicted octanol–water partition coefficient (Wildman–Crippen LogP) is 3.64. The molecule has 2 aromatic carbocycles. The number of hydrogen-bond donors (Lipinski definition) is 0. The van der Waals surface area contributed by atoms with E-state index < -0.39 is 0 Å². The molecule has 84 valence electrons. The van der Waals surface area contributed by atoms with E-state index in [2.05, 4.69) is 12.1 Å². The highest BCUT2D eigenvalue weighted by Crippen LogP contribution is 2.25. The van der Waals surface area contributed by atoms with Crippen molar-refractivity contribution in [3.63, 3.8) is 0 Å². The first-order valence-electron chi connectivity index (χ1n) is 5.63. The SMILES string of the molecule is CCOc1ccc2ccc(OCC)cc2c1. The Bertz CT molecular complexity index is 436. The van der Waals surface area contributed by atoms with Crippen molar-refractivity contribution in [2.24, 2.45) is 0 Å². The van der Waals surface area contributed by atoms with Crippen molar-refractivity contribution in [3.8, 4) is 11.5 Å². The molecule has 0 aliphatic rings. The van der Waals surface area contributed by atoms with Gasteiger partial charge >= 0.3 is 0 Å². The summed E-state index contributed by atoms with van der Waals surface area (Å²) in [6.07, 6.45) is 0. The fourth-order valence-corrected chi connectivity index (χ4v) is 1.72. The average molecular weight is 216 g/mol. The molecule has 0 unspecified atom stereocenters. The normalized spacial score (nSPS) is 10.4. The first-order chi connectivity index (χ1) is 7.83. The van der Waals surface area contributed by atoms with Gasteiger partial charge in [-0.2, -0.15) is 0 Å². The van der Waals surface area contributed by atoms with Crippen LogP contribution in [-0.4, -0.2) is 13.2 Å². The van der Waals surface area contributed by atoms with Gasteiger partial charge in [0.2, 0.25) is 0 Å². The smallest absolute Gasteiger partial charge is 0.119 e. The van der Waals surface area contributed by atoms with E-state index in [9.17, 15) is 0 Å². The molecule has 2 aromatic rings. The Morgan fingerprint density at radius 3 is 1.69 bits per heavy atom. The van der Waals surface area contributed by atoms with Gasteiger partial charge in [0.25, 0.3) is 0 Å². The highest BCUT2D eigenvalue weighted by atomic mass is 16.5. The van der Waals surface area contributed by atoms with Crippen molar-refractivity contribution >= 4 is 10.8 Å². The Morgan fingerprint density at radius 1 is 0.750 bits per heavy atom. The zero-order valence-electron chi connectivity index (χ0n) is 9.69. The molecule has 0 aliphatic carbocycles. The molecular formula is C14H16O2. The van der Waals surface area contributed by atoms with Gasteiger partial charge < -0.3 is 9.47 Å². The molecule has 0 spiro atoms. The zero-order chi connectivity index (χ0) is 11.4. The van der Waals surface area contributed by atoms with Crippen LogP contribution < -0.4 is 9.47 Å². The molecule has 0 atom stereocenters. The molecule has 0 radical (unpaired) electrons. The third-order valence-corrected chi connectivity index (χ3v) is 2.41. The van der Waals surface area contributed by atoms with Crippen molar-refractivity contribution in [2.45, 2.75) is 13.8 Å². The van der Waals surface area contributed by atoms with E-state index in [0.717, 1.165) is 16.9 Å². The van der Waals surface area contributed by atoms with E-state index in [1.807, 2.05) is 38.1 Å². The van der Waals surface area contributed by atoms with Crippen LogP contribution in [0.15, 0.2) is 36.4 Å². The summed E-state index contributed by atoms with van der Waals surface area (Å²) in [4.78, 5) is 0. The second kappa shape index (κ2) is 4.88. The Labute approximate surface area is 95.8 Å². The molecule has 0 bridgehead atoms. The van der Waals surface area contributed by atoms with Gasteiger partial charge in [0.1, 0.15) is 11.5 Å². The lowest BCUT2D eigenvalue weighted by Gasteiger charge is -2.07. The number of hydrogen-bond acceptors (Lipinski definition) is 2.